The molecular formula is C47H52F2N4O13P2. The van der Waals surface area contributed by atoms with E-state index in [1.807, 2.05) is 0 Å². The number of aromatic hydroxyl groups is 2. The minimum Gasteiger partial charge on any atom is -0.505 e. The van der Waals surface area contributed by atoms with Crippen LogP contribution in [-0.4, -0.2) is 86.0 Å². The van der Waals surface area contributed by atoms with Crippen molar-refractivity contribution in [1.29, 1.82) is 0 Å². The smallest absolute Gasteiger partial charge is 0.367 e. The lowest BCUT2D eigenvalue weighted by molar-refractivity contribution is 0.0127. The fourth-order valence-electron chi connectivity index (χ4n) is 7.77. The molecule has 17 nitrogen and oxygen atoms in total. The van der Waals surface area contributed by atoms with Gasteiger partial charge in [0.15, 0.2) is 30.4 Å². The van der Waals surface area contributed by atoms with E-state index >= 15 is 0 Å². The summed E-state index contributed by atoms with van der Waals surface area (Å²) < 4.78 is 85.5. The highest BCUT2D eigenvalue weighted by Gasteiger charge is 2.43. The number of pyridine rings is 2. The van der Waals surface area contributed by atoms with Gasteiger partial charge in [-0.3, -0.25) is 28.7 Å². The van der Waals surface area contributed by atoms with E-state index < -0.39 is 51.1 Å². The van der Waals surface area contributed by atoms with Gasteiger partial charge in [-0.05, 0) is 87.4 Å². The first kappa shape index (κ1) is 51.4. The van der Waals surface area contributed by atoms with Crippen molar-refractivity contribution in [2.45, 2.75) is 61.0 Å². The van der Waals surface area contributed by atoms with Crippen molar-refractivity contribution < 1.29 is 70.4 Å². The number of carbonyl (C=O) groups is 2. The van der Waals surface area contributed by atoms with Gasteiger partial charge in [-0.15, -0.1) is 0 Å². The van der Waals surface area contributed by atoms with E-state index in [1.165, 1.54) is 53.7 Å². The van der Waals surface area contributed by atoms with Crippen LogP contribution in [0.3, 0.4) is 0 Å². The van der Waals surface area contributed by atoms with Crippen LogP contribution in [0.5, 0.6) is 23.0 Å². The number of nitrogens with zero attached hydrogens (tertiary/aromatic N) is 4. The number of fused-ring (bicyclic) bond motifs is 4. The first-order valence-corrected chi connectivity index (χ1v) is 24.7. The van der Waals surface area contributed by atoms with Gasteiger partial charge in [0.2, 0.25) is 0 Å². The number of carbonyl (C=O) groups excluding carboxylic acids is 2. The third-order valence-electron chi connectivity index (χ3n) is 10.6. The van der Waals surface area contributed by atoms with Crippen LogP contribution in [0.15, 0.2) is 85.2 Å². The molecule has 6 aromatic rings. The second-order valence-electron chi connectivity index (χ2n) is 15.0. The van der Waals surface area contributed by atoms with E-state index in [0.717, 1.165) is 10.5 Å². The van der Waals surface area contributed by atoms with Crippen LogP contribution in [0.25, 0.3) is 21.8 Å². The van der Waals surface area contributed by atoms with Crippen molar-refractivity contribution in [2.75, 3.05) is 39.1 Å². The Morgan fingerprint density at radius 1 is 0.647 bits per heavy atom. The van der Waals surface area contributed by atoms with Crippen molar-refractivity contribution in [3.05, 3.63) is 130 Å². The number of phenols is 2. The summed E-state index contributed by atoms with van der Waals surface area (Å²) in [5.41, 5.74) is 1.99. The average molecular weight is 981 g/mol. The number of halogens is 2. The summed E-state index contributed by atoms with van der Waals surface area (Å²) in [6, 6.07) is 17.9. The van der Waals surface area contributed by atoms with Crippen molar-refractivity contribution in [2.24, 2.45) is 0 Å². The normalized spacial score (nSPS) is 14.4. The Bertz CT molecular complexity index is 2870. The van der Waals surface area contributed by atoms with Gasteiger partial charge in [-0.25, -0.2) is 8.78 Å². The molecule has 21 heteroatoms. The SMILES string of the molecule is C.CCOP(=O)(COc1c2c(c(O)c3ncccc13)C(=O)N(Cc1ccc(F)cc1)C2)OCC.CCOP(=O)(COc1c2c(c(O)c3ncccc13)C(=O)N(Cc1ccc(F)cc1)C2O)OCC. The largest absolute Gasteiger partial charge is 0.505 e. The van der Waals surface area contributed by atoms with Crippen LogP contribution in [-0.2, 0) is 46.9 Å². The highest BCUT2D eigenvalue weighted by atomic mass is 31.2. The highest BCUT2D eigenvalue weighted by Crippen LogP contribution is 2.53. The number of aliphatic hydroxyl groups is 1. The molecule has 0 saturated carbocycles. The Morgan fingerprint density at radius 3 is 1.57 bits per heavy atom. The first-order chi connectivity index (χ1) is 32.2. The van der Waals surface area contributed by atoms with Crippen LogP contribution >= 0.6 is 15.2 Å². The maximum Gasteiger partial charge on any atom is 0.367 e. The molecule has 2 aliphatic heterocycles. The van der Waals surface area contributed by atoms with E-state index in [1.54, 1.807) is 64.1 Å². The molecule has 362 valence electrons. The number of amides is 2. The maximum atomic E-state index is 13.3. The van der Waals surface area contributed by atoms with Gasteiger partial charge in [-0.2, -0.15) is 0 Å². The molecular weight excluding hydrogens is 928 g/mol. The van der Waals surface area contributed by atoms with Gasteiger partial charge in [0.25, 0.3) is 11.8 Å². The van der Waals surface area contributed by atoms with Gasteiger partial charge < -0.3 is 52.7 Å². The predicted octanol–water partition coefficient (Wildman–Crippen LogP) is 9.80. The van der Waals surface area contributed by atoms with Crippen molar-refractivity contribution >= 4 is 48.8 Å². The molecule has 3 N–H and O–H groups in total. The van der Waals surface area contributed by atoms with Crippen LogP contribution in [0.1, 0.15) is 84.3 Å². The molecule has 0 saturated heterocycles. The number of benzene rings is 4. The Balaban J connectivity index is 0.000000221. The van der Waals surface area contributed by atoms with E-state index in [2.05, 4.69) is 9.97 Å². The number of ether oxygens (including phenoxy) is 2. The summed E-state index contributed by atoms with van der Waals surface area (Å²) in [7, 11) is -7.16. The lowest BCUT2D eigenvalue weighted by Gasteiger charge is -2.23. The Kier molecular flexibility index (Phi) is 16.6. The lowest BCUT2D eigenvalue weighted by atomic mass is 10.0. The standard InChI is InChI=1S/C23H24FN2O7P.C23H24FN2O6P.CH4/c1-3-32-34(30,33-4-2)13-31-21-16-6-5-11-25-19(16)20(27)17-18(21)23(29)26(22(17)28)12-14-7-9-15(24)10-8-14;1-3-31-33(29,32-4-2)14-30-22-17-6-5-11-25-20(17)21(27)19-18(22)13-26(23(19)28)12-15-7-9-16(24)10-8-15;/h5-11,23,27,29H,3-4,12-13H2,1-2H3;5-11,27H,3-4,12-14H2,1-2H3;1H4. The third-order valence-corrected chi connectivity index (χ3v) is 14.1. The molecule has 1 atom stereocenters. The fourth-order valence-corrected chi connectivity index (χ4v) is 10.4. The molecule has 0 radical (unpaired) electrons. The number of hydrogen-bond acceptors (Lipinski definition) is 15. The van der Waals surface area contributed by atoms with Crippen molar-refractivity contribution in [1.82, 2.24) is 19.8 Å². The number of aromatic nitrogens is 2. The predicted molar refractivity (Wildman–Crippen MR) is 247 cm³/mol. The Hall–Kier alpha value is -6.04. The van der Waals surface area contributed by atoms with Gasteiger partial charge in [-0.1, -0.05) is 31.7 Å². The fraction of sp³-hybridized carbons (Fsp3) is 0.319. The Morgan fingerprint density at radius 2 is 1.09 bits per heavy atom. The molecule has 0 spiro atoms. The van der Waals surface area contributed by atoms with Crippen molar-refractivity contribution in [3.63, 3.8) is 0 Å². The molecule has 2 aromatic heterocycles. The zero-order chi connectivity index (χ0) is 48.0. The van der Waals surface area contributed by atoms with E-state index in [4.69, 9.17) is 27.6 Å². The molecule has 8 rings (SSSR count). The quantitative estimate of drug-likeness (QED) is 0.0683. The van der Waals surface area contributed by atoms with Crippen LogP contribution in [0.2, 0.25) is 0 Å². The average Bonchev–Trinajstić information content (AvgIpc) is 3.76. The number of rotatable bonds is 18. The summed E-state index contributed by atoms with van der Waals surface area (Å²) in [4.78, 5) is 37.5. The van der Waals surface area contributed by atoms with Gasteiger partial charge in [0, 0.05) is 41.8 Å². The minimum absolute atomic E-state index is 0. The summed E-state index contributed by atoms with van der Waals surface area (Å²) in [6.45, 7) is 7.67. The summed E-state index contributed by atoms with van der Waals surface area (Å²) in [5.74, 6) is -2.16. The molecule has 0 fully saturated rings. The monoisotopic (exact) mass is 980 g/mol. The van der Waals surface area contributed by atoms with Gasteiger partial charge in [0.05, 0.1) is 49.7 Å². The van der Waals surface area contributed by atoms with E-state index in [-0.39, 0.29) is 105 Å². The van der Waals surface area contributed by atoms with E-state index in [0.29, 0.717) is 27.6 Å². The molecule has 68 heavy (non-hydrogen) atoms. The lowest BCUT2D eigenvalue weighted by Crippen LogP contribution is -2.27. The summed E-state index contributed by atoms with van der Waals surface area (Å²) >= 11 is 0. The molecule has 4 heterocycles. The Labute approximate surface area is 391 Å². The zero-order valence-electron chi connectivity index (χ0n) is 36.9. The van der Waals surface area contributed by atoms with Crippen LogP contribution in [0, 0.1) is 11.6 Å². The van der Waals surface area contributed by atoms with Crippen LogP contribution in [0.4, 0.5) is 8.78 Å². The van der Waals surface area contributed by atoms with Crippen LogP contribution < -0.4 is 9.47 Å². The van der Waals surface area contributed by atoms with Crippen molar-refractivity contribution in [3.8, 4) is 23.0 Å². The number of aliphatic hydroxyl groups excluding tert-OH is 1. The second-order valence-corrected chi connectivity index (χ2v) is 19.0. The molecule has 0 aliphatic carbocycles. The second kappa shape index (κ2) is 21.9. The first-order valence-electron chi connectivity index (χ1n) is 21.2. The third kappa shape index (κ3) is 10.6. The van der Waals surface area contributed by atoms with E-state index in [9.17, 15) is 42.8 Å². The summed E-state index contributed by atoms with van der Waals surface area (Å²) in [5, 5.41) is 33.6. The summed E-state index contributed by atoms with van der Waals surface area (Å²) in [6.07, 6.45) is 0.614. The topological polar surface area (TPSA) is 217 Å². The molecule has 1 unspecified atom stereocenters. The molecule has 2 aliphatic rings. The maximum absolute atomic E-state index is 13.3. The molecule has 4 aromatic carbocycles. The molecule has 2 amide bonds. The molecule has 0 bridgehead atoms. The van der Waals surface area contributed by atoms with Gasteiger partial charge in [0.1, 0.15) is 34.2 Å². The number of phenolic OH excluding ortho intramolecular Hbond substituents is 2. The zero-order valence-corrected chi connectivity index (χ0v) is 38.7. The number of hydrogen-bond donors (Lipinski definition) is 3. The van der Waals surface area contributed by atoms with Gasteiger partial charge >= 0.3 is 15.2 Å². The highest BCUT2D eigenvalue weighted by molar-refractivity contribution is 7.53. The minimum atomic E-state index is -3.63.